The number of nitrogens with zero attached hydrogens (tertiary/aromatic N) is 1. The van der Waals surface area contributed by atoms with Crippen molar-refractivity contribution in [3.05, 3.63) is 23.8 Å². The van der Waals surface area contributed by atoms with Crippen molar-refractivity contribution in [2.24, 2.45) is 4.99 Å². The van der Waals surface area contributed by atoms with E-state index in [-0.39, 0.29) is 71.3 Å². The Morgan fingerprint density at radius 1 is 1.13 bits per heavy atom. The fraction of sp³-hybridized carbons (Fsp3) is 0.364. The fourth-order valence-electron chi connectivity index (χ4n) is 1.28. The van der Waals surface area contributed by atoms with E-state index in [9.17, 15) is 25.9 Å². The van der Waals surface area contributed by atoms with Gasteiger partial charge >= 0.3 is 59.1 Å². The maximum absolute atomic E-state index is 11.2. The smallest absolute Gasteiger partial charge is 0.744 e. The summed E-state index contributed by atoms with van der Waals surface area (Å²) in [4.78, 5) is 2.22. The van der Waals surface area contributed by atoms with Crippen LogP contribution in [0.4, 0.5) is 0 Å². The van der Waals surface area contributed by atoms with E-state index in [4.69, 9.17) is 5.11 Å². The Morgan fingerprint density at radius 3 is 2.04 bits per heavy atom. The minimum absolute atomic E-state index is 0. The molecule has 12 heteroatoms. The number of aliphatic hydroxyl groups excluding tert-OH is 1. The predicted octanol–water partition coefficient (Wildman–Crippen LogP) is -6.31. The van der Waals surface area contributed by atoms with Crippen molar-refractivity contribution in [1.29, 1.82) is 0 Å². The Balaban J connectivity index is 0. The molecule has 0 saturated heterocycles. The van der Waals surface area contributed by atoms with Crippen molar-refractivity contribution >= 4 is 26.5 Å². The standard InChI is InChI=1S/C11H15NO7S2.2Na/c1-11(2,7-13)12-6-8-3-4-9(20(14,15)16)5-10(8)21(17,18)19;;/h3-6,13H,7H2,1-2H3,(H,14,15,16)(H,17,18,19);;/q;2*+1/p-2. The largest absolute Gasteiger partial charge is 1.00 e. The van der Waals surface area contributed by atoms with Gasteiger partial charge in [0.15, 0.2) is 0 Å². The van der Waals surface area contributed by atoms with Crippen LogP contribution in [0.25, 0.3) is 0 Å². The minimum Gasteiger partial charge on any atom is -0.744 e. The topological polar surface area (TPSA) is 147 Å². The first kappa shape index (κ1) is 25.9. The van der Waals surface area contributed by atoms with Gasteiger partial charge in [-0.1, -0.05) is 6.07 Å². The molecule has 0 unspecified atom stereocenters. The van der Waals surface area contributed by atoms with E-state index in [1.807, 2.05) is 0 Å². The fourth-order valence-corrected chi connectivity index (χ4v) is 2.53. The Bertz CT molecular complexity index is 774. The van der Waals surface area contributed by atoms with E-state index in [0.29, 0.717) is 6.07 Å². The monoisotopic (exact) mass is 381 g/mol. The quantitative estimate of drug-likeness (QED) is 0.303. The number of aliphatic imine (C=N–C) groups is 1. The molecule has 1 aromatic rings. The zero-order chi connectivity index (χ0) is 16.5. The number of hydrogen-bond donors (Lipinski definition) is 1. The molecule has 0 radical (unpaired) electrons. The average molecular weight is 381 g/mol. The third kappa shape index (κ3) is 8.06. The normalized spacial score (nSPS) is 12.6. The zero-order valence-electron chi connectivity index (χ0n) is 13.2. The van der Waals surface area contributed by atoms with E-state index in [1.165, 1.54) is 0 Å². The van der Waals surface area contributed by atoms with Gasteiger partial charge in [-0.2, -0.15) is 0 Å². The van der Waals surface area contributed by atoms with E-state index in [1.54, 1.807) is 13.8 Å². The van der Waals surface area contributed by atoms with E-state index in [0.717, 1.165) is 18.3 Å². The van der Waals surface area contributed by atoms with Gasteiger partial charge in [0.2, 0.25) is 0 Å². The van der Waals surface area contributed by atoms with Gasteiger partial charge in [0.1, 0.15) is 20.2 Å². The summed E-state index contributed by atoms with van der Waals surface area (Å²) in [6.07, 6.45) is 1.03. The number of hydrogen-bond acceptors (Lipinski definition) is 8. The number of benzene rings is 1. The molecule has 23 heavy (non-hydrogen) atoms. The van der Waals surface area contributed by atoms with Crippen LogP contribution in [0.5, 0.6) is 0 Å². The molecular weight excluding hydrogens is 368 g/mol. The predicted molar refractivity (Wildman–Crippen MR) is 71.1 cm³/mol. The Labute approximate surface area is 179 Å². The maximum atomic E-state index is 11.2. The van der Waals surface area contributed by atoms with Crippen molar-refractivity contribution in [2.45, 2.75) is 29.2 Å². The Hall–Kier alpha value is 0.670. The summed E-state index contributed by atoms with van der Waals surface area (Å²) < 4.78 is 66.1. The Kier molecular flexibility index (Phi) is 10.6. The van der Waals surface area contributed by atoms with Crippen LogP contribution in [0.3, 0.4) is 0 Å². The second-order valence-electron chi connectivity index (χ2n) is 4.84. The van der Waals surface area contributed by atoms with Gasteiger partial charge in [-0.3, -0.25) is 4.99 Å². The van der Waals surface area contributed by atoms with Gasteiger partial charge in [0.05, 0.1) is 21.9 Å². The molecule has 1 N–H and O–H groups in total. The molecule has 0 amide bonds. The molecule has 0 aliphatic heterocycles. The summed E-state index contributed by atoms with van der Waals surface area (Å²) in [7, 11) is -9.89. The van der Waals surface area contributed by atoms with Crippen LogP contribution in [0.15, 0.2) is 33.0 Å². The molecule has 0 atom stereocenters. The first-order chi connectivity index (χ1) is 9.37. The third-order valence-corrected chi connectivity index (χ3v) is 4.21. The molecule has 0 aliphatic carbocycles. The van der Waals surface area contributed by atoms with Gasteiger partial charge in [-0.15, -0.1) is 0 Å². The maximum Gasteiger partial charge on any atom is 1.00 e. The molecule has 118 valence electrons. The summed E-state index contributed by atoms with van der Waals surface area (Å²) in [5.74, 6) is 0. The summed E-state index contributed by atoms with van der Waals surface area (Å²) in [5.41, 5.74) is -1.08. The van der Waals surface area contributed by atoms with Gasteiger partial charge in [0.25, 0.3) is 0 Å². The van der Waals surface area contributed by atoms with E-state index in [2.05, 4.69) is 4.99 Å². The molecule has 0 spiro atoms. The van der Waals surface area contributed by atoms with Crippen LogP contribution in [0.2, 0.25) is 0 Å². The number of rotatable bonds is 5. The summed E-state index contributed by atoms with van der Waals surface area (Å²) in [5, 5.41) is 9.04. The molecule has 1 rings (SSSR count). The van der Waals surface area contributed by atoms with Crippen molar-refractivity contribution in [3.63, 3.8) is 0 Å². The summed E-state index contributed by atoms with van der Waals surface area (Å²) >= 11 is 0. The van der Waals surface area contributed by atoms with Gasteiger partial charge in [0, 0.05) is 11.8 Å². The molecule has 8 nitrogen and oxygen atoms in total. The van der Waals surface area contributed by atoms with Gasteiger partial charge < -0.3 is 14.2 Å². The second kappa shape index (κ2) is 9.39. The summed E-state index contributed by atoms with van der Waals surface area (Å²) in [6, 6.07) is 2.37. The van der Waals surface area contributed by atoms with Crippen LogP contribution in [0, 0.1) is 0 Å². The molecule has 0 saturated carbocycles. The van der Waals surface area contributed by atoms with Gasteiger partial charge in [-0.25, -0.2) is 16.8 Å². The van der Waals surface area contributed by atoms with E-state index < -0.39 is 35.6 Å². The minimum atomic E-state index is -5.00. The first-order valence-electron chi connectivity index (χ1n) is 5.59. The van der Waals surface area contributed by atoms with E-state index >= 15 is 0 Å². The summed E-state index contributed by atoms with van der Waals surface area (Å²) in [6.45, 7) is 2.80. The van der Waals surface area contributed by atoms with Crippen LogP contribution in [-0.4, -0.2) is 49.4 Å². The molecule has 1 aromatic carbocycles. The second-order valence-corrected chi connectivity index (χ2v) is 7.56. The molecular formula is C11H13NNa2O7S2. The molecule has 0 bridgehead atoms. The SMILES string of the molecule is CC(C)(CO)N=Cc1ccc(S(=O)(=O)[O-])cc1S(=O)(=O)[O-].[Na+].[Na+]. The average Bonchev–Trinajstić information content (AvgIpc) is 2.34. The van der Waals surface area contributed by atoms with Crippen LogP contribution in [-0.2, 0) is 20.2 Å². The van der Waals surface area contributed by atoms with Crippen LogP contribution in [0.1, 0.15) is 19.4 Å². The zero-order valence-corrected chi connectivity index (χ0v) is 18.8. The Morgan fingerprint density at radius 2 is 1.65 bits per heavy atom. The molecule has 0 aromatic heterocycles. The molecule has 0 fully saturated rings. The van der Waals surface area contributed by atoms with Crippen molar-refractivity contribution < 1.29 is 90.2 Å². The molecule has 0 heterocycles. The van der Waals surface area contributed by atoms with Crippen LogP contribution >= 0.6 is 0 Å². The molecule has 0 aliphatic rings. The number of aliphatic hydroxyl groups is 1. The first-order valence-corrected chi connectivity index (χ1v) is 8.40. The van der Waals surface area contributed by atoms with Crippen molar-refractivity contribution in [1.82, 2.24) is 0 Å². The third-order valence-electron chi connectivity index (χ3n) is 2.48. The van der Waals surface area contributed by atoms with Crippen LogP contribution < -0.4 is 59.1 Å². The van der Waals surface area contributed by atoms with Crippen molar-refractivity contribution in [3.8, 4) is 0 Å². The van der Waals surface area contributed by atoms with Crippen molar-refractivity contribution in [2.75, 3.05) is 6.61 Å². The van der Waals surface area contributed by atoms with Gasteiger partial charge in [-0.05, 0) is 26.0 Å².